The van der Waals surface area contributed by atoms with E-state index in [1.807, 2.05) is 113 Å². The molecule has 3 aromatic carbocycles. The molecule has 4 amide bonds. The van der Waals surface area contributed by atoms with Gasteiger partial charge in [-0.05, 0) is 59.1 Å². The van der Waals surface area contributed by atoms with Crippen LogP contribution in [-0.2, 0) is 43.5 Å². The molecule has 12 nitrogen and oxygen atoms in total. The molecule has 5 rings (SSSR count). The second-order valence-electron chi connectivity index (χ2n) is 15.7. The number of amides is 4. The molecule has 0 aliphatic carbocycles. The Morgan fingerprint density at radius 3 is 2.30 bits per heavy atom. The third-order valence-electron chi connectivity index (χ3n) is 10.1. The zero-order valence-corrected chi connectivity index (χ0v) is 33.6. The lowest BCUT2D eigenvalue weighted by molar-refractivity contribution is -0.144. The molecular weight excluding hydrogens is 729 g/mol. The van der Waals surface area contributed by atoms with Crippen molar-refractivity contribution in [3.63, 3.8) is 0 Å². The van der Waals surface area contributed by atoms with Gasteiger partial charge in [0.2, 0.25) is 23.6 Å². The quantitative estimate of drug-likeness (QED) is 0.109. The van der Waals surface area contributed by atoms with E-state index in [9.17, 15) is 24.3 Å². The Kier molecular flexibility index (Phi) is 14.2. The van der Waals surface area contributed by atoms with E-state index >= 15 is 0 Å². The molecule has 13 heteroatoms. The number of β-amino-alcohol motifs (C(OH)–C–C–N with tert-alkyl or cyclic N) is 1. The summed E-state index contributed by atoms with van der Waals surface area (Å²) in [4.78, 5) is 59.0. The number of carbonyl (C=O) groups is 4. The first kappa shape index (κ1) is 42.2. The number of rotatable bonds is 16. The summed E-state index contributed by atoms with van der Waals surface area (Å²) in [6.45, 7) is 10.1. The molecule has 0 spiro atoms. The summed E-state index contributed by atoms with van der Waals surface area (Å²) in [6, 6.07) is 21.4. The van der Waals surface area contributed by atoms with E-state index in [-0.39, 0.29) is 62.2 Å². The number of nitrogens with one attached hydrogen (secondary N) is 2. The average Bonchev–Trinajstić information content (AvgIpc) is 3.78. The van der Waals surface area contributed by atoms with Gasteiger partial charge in [-0.3, -0.25) is 19.2 Å². The van der Waals surface area contributed by atoms with Crippen molar-refractivity contribution in [2.24, 2.45) is 16.9 Å². The molecule has 5 atom stereocenters. The molecule has 1 fully saturated rings. The van der Waals surface area contributed by atoms with E-state index in [0.29, 0.717) is 13.0 Å². The first-order chi connectivity index (χ1) is 26.6. The fraction of sp³-hybridized carbons (Fsp3) is 0.419. The maximum Gasteiger partial charge on any atom is 0.246 e. The van der Waals surface area contributed by atoms with Crippen LogP contribution in [0.3, 0.4) is 0 Å². The van der Waals surface area contributed by atoms with E-state index in [0.717, 1.165) is 44.0 Å². The monoisotopic (exact) mass is 782 g/mol. The molecule has 1 aliphatic heterocycles. The molecule has 298 valence electrons. The normalized spacial score (nSPS) is 17.2. The topological polar surface area (TPSA) is 190 Å². The summed E-state index contributed by atoms with van der Waals surface area (Å²) in [5.41, 5.74) is 19.0. The summed E-state index contributed by atoms with van der Waals surface area (Å²) < 4.78 is 5.92. The number of hydrogen-bond acceptors (Lipinski definition) is 9. The first-order valence-corrected chi connectivity index (χ1v) is 19.9. The van der Waals surface area contributed by atoms with Gasteiger partial charge >= 0.3 is 0 Å². The maximum atomic E-state index is 14.1. The van der Waals surface area contributed by atoms with Crippen LogP contribution >= 0.6 is 11.3 Å². The van der Waals surface area contributed by atoms with E-state index < -0.39 is 29.5 Å². The number of nitrogens with zero attached hydrogens (tertiary/aromatic N) is 2. The zero-order valence-electron chi connectivity index (χ0n) is 32.8. The smallest absolute Gasteiger partial charge is 0.246 e. The van der Waals surface area contributed by atoms with Crippen molar-refractivity contribution < 1.29 is 29.0 Å². The molecule has 0 radical (unpaired) electrons. The number of ether oxygens (including phenoxy) is 1. The SMILES string of the molecule is Cc1ncsc1-c1ccc(CNC(=O)[C@@H]2C[C@@H](O)CN2C(=O)[C@@H](NC(=O)Cc2cccc(-c3ccc(CO[C@H](C)[C@@H](N)CCC(N)=O)cc3)c2)C(C)(C)C)cc1. The molecular formula is C43H54N6O6S. The molecule has 1 aromatic heterocycles. The van der Waals surface area contributed by atoms with Crippen molar-refractivity contribution in [2.45, 2.75) is 104 Å². The fourth-order valence-corrected chi connectivity index (χ4v) is 7.54. The van der Waals surface area contributed by atoms with Crippen molar-refractivity contribution in [1.82, 2.24) is 20.5 Å². The number of nitrogens with two attached hydrogens (primary N) is 2. The van der Waals surface area contributed by atoms with Gasteiger partial charge in [0.15, 0.2) is 0 Å². The van der Waals surface area contributed by atoms with Crippen LogP contribution in [0.5, 0.6) is 0 Å². The average molecular weight is 783 g/mol. The Morgan fingerprint density at radius 2 is 1.66 bits per heavy atom. The molecule has 56 heavy (non-hydrogen) atoms. The third-order valence-corrected chi connectivity index (χ3v) is 11.1. The molecule has 1 aliphatic rings. The number of aliphatic hydroxyl groups is 1. The minimum atomic E-state index is -0.934. The van der Waals surface area contributed by atoms with Crippen molar-refractivity contribution in [1.29, 1.82) is 0 Å². The van der Waals surface area contributed by atoms with Crippen LogP contribution in [0, 0.1) is 12.3 Å². The Morgan fingerprint density at radius 1 is 0.982 bits per heavy atom. The summed E-state index contributed by atoms with van der Waals surface area (Å²) in [5, 5.41) is 16.5. The second-order valence-corrected chi connectivity index (χ2v) is 16.6. The van der Waals surface area contributed by atoms with Crippen LogP contribution in [0.25, 0.3) is 21.6 Å². The maximum absolute atomic E-state index is 14.1. The zero-order chi connectivity index (χ0) is 40.6. The Balaban J connectivity index is 1.17. The minimum absolute atomic E-state index is 0.00124. The highest BCUT2D eigenvalue weighted by Crippen LogP contribution is 2.29. The summed E-state index contributed by atoms with van der Waals surface area (Å²) >= 11 is 1.58. The van der Waals surface area contributed by atoms with E-state index in [4.69, 9.17) is 16.2 Å². The van der Waals surface area contributed by atoms with Crippen LogP contribution in [0.4, 0.5) is 0 Å². The van der Waals surface area contributed by atoms with Gasteiger partial charge in [-0.2, -0.15) is 0 Å². The summed E-state index contributed by atoms with van der Waals surface area (Å²) in [6.07, 6.45) is -0.271. The van der Waals surface area contributed by atoms with Crippen LogP contribution < -0.4 is 22.1 Å². The molecule has 7 N–H and O–H groups in total. The number of hydrogen-bond donors (Lipinski definition) is 5. The van der Waals surface area contributed by atoms with Gasteiger partial charge in [-0.15, -0.1) is 11.3 Å². The fourth-order valence-electron chi connectivity index (χ4n) is 6.73. The number of thiazole rings is 1. The molecule has 4 aromatic rings. The van der Waals surface area contributed by atoms with Gasteiger partial charge in [-0.1, -0.05) is 93.6 Å². The largest absolute Gasteiger partial charge is 0.391 e. The van der Waals surface area contributed by atoms with Crippen LogP contribution in [0.2, 0.25) is 0 Å². The first-order valence-electron chi connectivity index (χ1n) is 19.0. The standard InChI is InChI=1S/C43H54N6O6S/c1-26-39(56-25-47-26)32-15-9-28(10-16-32)22-46-41(53)36-21-34(50)23-49(36)42(54)40(43(3,4)5)48-38(52)20-30-7-6-8-33(19-30)31-13-11-29(12-14-31)24-55-27(2)35(44)17-18-37(45)51/h6-16,19,25,27,34-36,40,50H,17-18,20-24,44H2,1-5H3,(H2,45,51)(H,46,53)(H,48,52)/t27-,34-,35+,36+,40-/m1/s1. The number of carbonyl (C=O) groups excluding carboxylic acids is 4. The van der Waals surface area contributed by atoms with Gasteiger partial charge in [0.1, 0.15) is 12.1 Å². The number of aromatic nitrogens is 1. The van der Waals surface area contributed by atoms with Crippen LogP contribution in [0.15, 0.2) is 78.3 Å². The van der Waals surface area contributed by atoms with E-state index in [1.165, 1.54) is 4.90 Å². The predicted octanol–water partition coefficient (Wildman–Crippen LogP) is 4.64. The Hall–Kier alpha value is -4.95. The molecule has 0 bridgehead atoms. The van der Waals surface area contributed by atoms with Crippen LogP contribution in [-0.4, -0.2) is 75.5 Å². The summed E-state index contributed by atoms with van der Waals surface area (Å²) in [5.74, 6) is -1.48. The number of likely N-dealkylation sites (tertiary alicyclic amines) is 1. The molecule has 0 saturated carbocycles. The Bertz CT molecular complexity index is 1980. The van der Waals surface area contributed by atoms with Crippen molar-refractivity contribution in [3.05, 3.63) is 101 Å². The van der Waals surface area contributed by atoms with Gasteiger partial charge in [0, 0.05) is 32.0 Å². The number of aryl methyl sites for hydroxylation is 1. The van der Waals surface area contributed by atoms with E-state index in [2.05, 4.69) is 15.6 Å². The highest BCUT2D eigenvalue weighted by Gasteiger charge is 2.44. The highest BCUT2D eigenvalue weighted by molar-refractivity contribution is 7.13. The van der Waals surface area contributed by atoms with E-state index in [1.54, 1.807) is 11.3 Å². The van der Waals surface area contributed by atoms with Gasteiger partial charge < -0.3 is 36.8 Å². The number of primary amides is 1. The minimum Gasteiger partial charge on any atom is -0.391 e. The number of benzene rings is 3. The van der Waals surface area contributed by atoms with Gasteiger partial charge in [-0.25, -0.2) is 4.98 Å². The highest BCUT2D eigenvalue weighted by atomic mass is 32.1. The molecule has 2 heterocycles. The molecule has 0 unspecified atom stereocenters. The van der Waals surface area contributed by atoms with Gasteiger partial charge in [0.25, 0.3) is 0 Å². The van der Waals surface area contributed by atoms with Gasteiger partial charge in [0.05, 0.1) is 41.3 Å². The summed E-state index contributed by atoms with van der Waals surface area (Å²) in [7, 11) is 0. The third kappa shape index (κ3) is 11.3. The number of aliphatic hydroxyl groups excluding tert-OH is 1. The second kappa shape index (κ2) is 18.8. The van der Waals surface area contributed by atoms with Crippen molar-refractivity contribution in [3.8, 4) is 21.6 Å². The Labute approximate surface area is 333 Å². The lowest BCUT2D eigenvalue weighted by atomic mass is 9.85. The van der Waals surface area contributed by atoms with Crippen LogP contribution in [0.1, 0.15) is 69.3 Å². The molecule has 1 saturated heterocycles. The van der Waals surface area contributed by atoms with Crippen molar-refractivity contribution in [2.75, 3.05) is 6.54 Å². The predicted molar refractivity (Wildman–Crippen MR) is 218 cm³/mol. The lowest BCUT2D eigenvalue weighted by Crippen LogP contribution is -2.58. The van der Waals surface area contributed by atoms with Crippen molar-refractivity contribution >= 4 is 35.0 Å². The lowest BCUT2D eigenvalue weighted by Gasteiger charge is -2.35.